The van der Waals surface area contributed by atoms with Crippen molar-refractivity contribution in [3.63, 3.8) is 0 Å². The minimum absolute atomic E-state index is 0.433. The van der Waals surface area contributed by atoms with Crippen molar-refractivity contribution in [1.82, 2.24) is 0 Å². The fourth-order valence-corrected chi connectivity index (χ4v) is 6.89. The molecular formula is C34H40O9S. The van der Waals surface area contributed by atoms with Gasteiger partial charge in [-0.1, -0.05) is 48.5 Å². The summed E-state index contributed by atoms with van der Waals surface area (Å²) in [7, 11) is 0. The number of esters is 3. The summed E-state index contributed by atoms with van der Waals surface area (Å²) in [6.45, 7) is 7.20. The summed E-state index contributed by atoms with van der Waals surface area (Å²) < 4.78 is 35.0. The second-order valence-electron chi connectivity index (χ2n) is 11.5. The van der Waals surface area contributed by atoms with Crippen LogP contribution in [0.3, 0.4) is 0 Å². The van der Waals surface area contributed by atoms with Crippen molar-refractivity contribution >= 4 is 35.2 Å². The molecule has 0 amide bonds. The zero-order valence-electron chi connectivity index (χ0n) is 25.8. The lowest BCUT2D eigenvalue weighted by atomic mass is 9.88. The molecule has 2 saturated heterocycles. The van der Waals surface area contributed by atoms with E-state index in [9.17, 15) is 14.4 Å². The van der Waals surface area contributed by atoms with Crippen molar-refractivity contribution in [2.75, 3.05) is 19.5 Å². The molecule has 10 heteroatoms. The number of carbonyl (C=O) groups excluding carboxylic acids is 3. The Morgan fingerprint density at radius 1 is 0.886 bits per heavy atom. The molecule has 1 spiro atoms. The van der Waals surface area contributed by atoms with Gasteiger partial charge in [-0.15, -0.1) is 11.8 Å². The van der Waals surface area contributed by atoms with E-state index >= 15 is 0 Å². The van der Waals surface area contributed by atoms with Crippen LogP contribution >= 0.6 is 11.8 Å². The number of hydrogen-bond donors (Lipinski definition) is 0. The highest BCUT2D eigenvalue weighted by Gasteiger charge is 2.52. The van der Waals surface area contributed by atoms with Gasteiger partial charge in [-0.3, -0.25) is 14.4 Å². The Morgan fingerprint density at radius 3 is 2.11 bits per heavy atom. The molecule has 2 aliphatic heterocycles. The molecule has 0 unspecified atom stereocenters. The molecule has 0 saturated carbocycles. The lowest BCUT2D eigenvalue weighted by Gasteiger charge is -2.44. The summed E-state index contributed by atoms with van der Waals surface area (Å²) in [6.07, 6.45) is 3.48. The minimum atomic E-state index is -1.05. The van der Waals surface area contributed by atoms with Gasteiger partial charge in [-0.05, 0) is 59.4 Å². The molecule has 1 aliphatic carbocycles. The van der Waals surface area contributed by atoms with Gasteiger partial charge in [-0.25, -0.2) is 0 Å². The van der Waals surface area contributed by atoms with E-state index in [1.165, 1.54) is 43.7 Å². The van der Waals surface area contributed by atoms with Crippen molar-refractivity contribution in [3.8, 4) is 0 Å². The van der Waals surface area contributed by atoms with Crippen molar-refractivity contribution < 1.29 is 42.8 Å². The molecule has 2 heterocycles. The first kappa shape index (κ1) is 32.2. The van der Waals surface area contributed by atoms with E-state index in [0.717, 1.165) is 41.5 Å². The number of aryl methyl sites for hydroxylation is 1. The van der Waals surface area contributed by atoms with E-state index < -0.39 is 53.5 Å². The van der Waals surface area contributed by atoms with E-state index in [0.29, 0.717) is 19.6 Å². The fraction of sp³-hybridized carbons (Fsp3) is 0.500. The predicted molar refractivity (Wildman–Crippen MR) is 165 cm³/mol. The van der Waals surface area contributed by atoms with Gasteiger partial charge in [0.25, 0.3) is 0 Å². The van der Waals surface area contributed by atoms with E-state index in [1.54, 1.807) is 0 Å². The van der Waals surface area contributed by atoms with Gasteiger partial charge in [0, 0.05) is 33.6 Å². The maximum atomic E-state index is 12.2. The van der Waals surface area contributed by atoms with Crippen LogP contribution in [0.1, 0.15) is 74.0 Å². The molecule has 5 atom stereocenters. The van der Waals surface area contributed by atoms with Crippen molar-refractivity contribution in [2.45, 2.75) is 89.0 Å². The van der Waals surface area contributed by atoms with Crippen molar-refractivity contribution in [1.29, 1.82) is 0 Å². The van der Waals surface area contributed by atoms with Gasteiger partial charge in [0.05, 0.1) is 13.2 Å². The van der Waals surface area contributed by atoms with E-state index in [4.69, 9.17) is 28.4 Å². The van der Waals surface area contributed by atoms with E-state index in [-0.39, 0.29) is 0 Å². The molecule has 2 aromatic rings. The van der Waals surface area contributed by atoms with Crippen LogP contribution in [0.25, 0.3) is 5.57 Å². The maximum Gasteiger partial charge on any atom is 0.303 e. The Hall–Kier alpha value is -3.18. The zero-order chi connectivity index (χ0) is 31.4. The van der Waals surface area contributed by atoms with Crippen LogP contribution in [0.5, 0.6) is 0 Å². The molecule has 236 valence electrons. The normalized spacial score (nSPS) is 26.1. The highest BCUT2D eigenvalue weighted by Crippen LogP contribution is 2.41. The zero-order valence-corrected chi connectivity index (χ0v) is 26.6. The van der Waals surface area contributed by atoms with Crippen LogP contribution in [-0.2, 0) is 49.2 Å². The molecule has 2 aromatic carbocycles. The number of allylic oxidation sites excluding steroid dienone is 1. The number of benzene rings is 2. The second kappa shape index (κ2) is 13.9. The summed E-state index contributed by atoms with van der Waals surface area (Å²) in [6, 6.07) is 14.6. The Morgan fingerprint density at radius 2 is 1.52 bits per heavy atom. The summed E-state index contributed by atoms with van der Waals surface area (Å²) in [5.74, 6) is -2.14. The lowest BCUT2D eigenvalue weighted by molar-refractivity contribution is -0.233. The number of ether oxygens (including phenoxy) is 6. The number of rotatable bonds is 8. The molecule has 5 rings (SSSR count). The van der Waals surface area contributed by atoms with Crippen LogP contribution in [0.15, 0.2) is 48.5 Å². The summed E-state index contributed by atoms with van der Waals surface area (Å²) in [5, 5.41) is 0. The topological polar surface area (TPSA) is 107 Å². The second-order valence-corrected chi connectivity index (χ2v) is 12.4. The minimum Gasteiger partial charge on any atom is -0.455 e. The van der Waals surface area contributed by atoms with Gasteiger partial charge in [0.2, 0.25) is 0 Å². The molecule has 0 bridgehead atoms. The van der Waals surface area contributed by atoms with Gasteiger partial charge >= 0.3 is 17.9 Å². The van der Waals surface area contributed by atoms with Crippen LogP contribution < -0.4 is 0 Å². The molecule has 0 radical (unpaired) electrons. The average molecular weight is 625 g/mol. The Balaban J connectivity index is 1.38. The third-order valence-corrected chi connectivity index (χ3v) is 9.15. The fourth-order valence-electron chi connectivity index (χ4n) is 6.18. The Labute approximate surface area is 262 Å². The molecule has 0 aromatic heterocycles. The Kier molecular flexibility index (Phi) is 10.1. The Bertz CT molecular complexity index is 1400. The first-order valence-corrected chi connectivity index (χ1v) is 16.2. The van der Waals surface area contributed by atoms with Gasteiger partial charge in [-0.2, -0.15) is 0 Å². The van der Waals surface area contributed by atoms with Gasteiger partial charge in [0.15, 0.2) is 24.1 Å². The van der Waals surface area contributed by atoms with Crippen molar-refractivity contribution in [3.05, 3.63) is 76.4 Å². The van der Waals surface area contributed by atoms with Crippen LogP contribution in [0.4, 0.5) is 0 Å². The molecular weight excluding hydrogens is 584 g/mol. The van der Waals surface area contributed by atoms with Crippen LogP contribution in [0, 0.1) is 6.92 Å². The first-order chi connectivity index (χ1) is 21.1. The number of thioether (sulfide) groups is 1. The van der Waals surface area contributed by atoms with E-state index in [1.807, 2.05) is 24.5 Å². The van der Waals surface area contributed by atoms with E-state index in [2.05, 4.69) is 37.3 Å². The van der Waals surface area contributed by atoms with Crippen LogP contribution in [-0.4, -0.2) is 66.9 Å². The number of carbonyl (C=O) groups is 3. The summed E-state index contributed by atoms with van der Waals surface area (Å²) in [5.41, 5.74) is 5.96. The van der Waals surface area contributed by atoms with Gasteiger partial charge in [0.1, 0.15) is 11.5 Å². The molecule has 3 aliphatic rings. The smallest absolute Gasteiger partial charge is 0.303 e. The third-order valence-electron chi connectivity index (χ3n) is 8.30. The number of hydrogen-bond acceptors (Lipinski definition) is 10. The van der Waals surface area contributed by atoms with Crippen LogP contribution in [0.2, 0.25) is 0 Å². The molecule has 0 N–H and O–H groups in total. The lowest BCUT2D eigenvalue weighted by Crippen LogP contribution is -2.57. The SMILES string of the molecule is CS[C@H]1O[C@@H](c2ccc(C)c(Cc3ccc(C4=CCC5(CC4)OCCO5)cc3)c2)[C@H](OC(C)=O)[C@@H](OC(C)=O)[C@@H]1OC(C)=O. The largest absolute Gasteiger partial charge is 0.455 e. The monoisotopic (exact) mass is 624 g/mol. The van der Waals surface area contributed by atoms with Crippen molar-refractivity contribution in [2.24, 2.45) is 0 Å². The quantitative estimate of drug-likeness (QED) is 0.278. The summed E-state index contributed by atoms with van der Waals surface area (Å²) in [4.78, 5) is 36.3. The van der Waals surface area contributed by atoms with Gasteiger partial charge < -0.3 is 28.4 Å². The molecule has 2 fully saturated rings. The molecule has 9 nitrogen and oxygen atoms in total. The third kappa shape index (κ3) is 7.37. The molecule has 44 heavy (non-hydrogen) atoms. The average Bonchev–Trinajstić information content (AvgIpc) is 3.44. The first-order valence-electron chi connectivity index (χ1n) is 14.9. The maximum absolute atomic E-state index is 12.2. The highest BCUT2D eigenvalue weighted by atomic mass is 32.2. The highest BCUT2D eigenvalue weighted by molar-refractivity contribution is 7.99. The predicted octanol–water partition coefficient (Wildman–Crippen LogP) is 5.45. The summed E-state index contributed by atoms with van der Waals surface area (Å²) >= 11 is 1.32. The standard InChI is InChI=1S/C34H40O9S/c1-20-6-9-27(29-30(40-21(2)35)31(41-22(3)36)32(42-23(4)37)33(43-29)44-5)19-28(20)18-24-7-10-25(11-8-24)26-12-14-34(15-13-26)38-16-17-39-34/h6-12,19,29-33H,13-18H2,1-5H3/t29-,30-,31+,32-,33+/m0/s1.